The van der Waals surface area contributed by atoms with E-state index in [9.17, 15) is 8.78 Å². The first-order chi connectivity index (χ1) is 9.61. The fraction of sp³-hybridized carbons (Fsp3) is 0.294. The maximum atomic E-state index is 13.7. The second kappa shape index (κ2) is 6.62. The fourth-order valence-corrected chi connectivity index (χ4v) is 2.40. The molecule has 0 aliphatic rings. The molecule has 0 saturated carbocycles. The van der Waals surface area contributed by atoms with Gasteiger partial charge in [0.1, 0.15) is 11.6 Å². The zero-order valence-corrected chi connectivity index (χ0v) is 11.6. The SMILES string of the molecule is Cc1ccccc1CC(CN)Cc1c(F)cccc1F. The van der Waals surface area contributed by atoms with E-state index in [4.69, 9.17) is 5.73 Å². The van der Waals surface area contributed by atoms with Gasteiger partial charge >= 0.3 is 0 Å². The second-order valence-electron chi connectivity index (χ2n) is 5.14. The smallest absolute Gasteiger partial charge is 0.129 e. The van der Waals surface area contributed by atoms with E-state index in [0.717, 1.165) is 6.42 Å². The first-order valence-electron chi connectivity index (χ1n) is 6.79. The van der Waals surface area contributed by atoms with E-state index in [1.165, 1.54) is 29.3 Å². The monoisotopic (exact) mass is 275 g/mol. The summed E-state index contributed by atoms with van der Waals surface area (Å²) in [5.41, 5.74) is 8.27. The van der Waals surface area contributed by atoms with Crippen molar-refractivity contribution in [1.82, 2.24) is 0 Å². The highest BCUT2D eigenvalue weighted by molar-refractivity contribution is 5.27. The van der Waals surface area contributed by atoms with Gasteiger partial charge in [0, 0.05) is 5.56 Å². The van der Waals surface area contributed by atoms with Gasteiger partial charge in [0.05, 0.1) is 0 Å². The number of benzene rings is 2. The van der Waals surface area contributed by atoms with Crippen molar-refractivity contribution < 1.29 is 8.78 Å². The molecule has 0 amide bonds. The molecule has 1 atom stereocenters. The lowest BCUT2D eigenvalue weighted by atomic mass is 9.90. The van der Waals surface area contributed by atoms with Crippen LogP contribution >= 0.6 is 0 Å². The Morgan fingerprint density at radius 3 is 2.20 bits per heavy atom. The van der Waals surface area contributed by atoms with Gasteiger partial charge in [-0.1, -0.05) is 30.3 Å². The molecular weight excluding hydrogens is 256 g/mol. The third-order valence-corrected chi connectivity index (χ3v) is 3.66. The van der Waals surface area contributed by atoms with E-state index >= 15 is 0 Å². The van der Waals surface area contributed by atoms with E-state index < -0.39 is 11.6 Å². The Labute approximate surface area is 118 Å². The topological polar surface area (TPSA) is 26.0 Å². The molecule has 0 bridgehead atoms. The summed E-state index contributed by atoms with van der Waals surface area (Å²) in [4.78, 5) is 0. The predicted molar refractivity (Wildman–Crippen MR) is 77.5 cm³/mol. The quantitative estimate of drug-likeness (QED) is 0.886. The summed E-state index contributed by atoms with van der Waals surface area (Å²) in [5.74, 6) is -0.955. The van der Waals surface area contributed by atoms with E-state index in [2.05, 4.69) is 0 Å². The van der Waals surface area contributed by atoms with Crippen LogP contribution in [0.15, 0.2) is 42.5 Å². The fourth-order valence-electron chi connectivity index (χ4n) is 2.40. The molecule has 2 N–H and O–H groups in total. The first kappa shape index (κ1) is 14.7. The first-order valence-corrected chi connectivity index (χ1v) is 6.79. The van der Waals surface area contributed by atoms with Gasteiger partial charge in [0.25, 0.3) is 0 Å². The van der Waals surface area contributed by atoms with Gasteiger partial charge in [-0.3, -0.25) is 0 Å². The summed E-state index contributed by atoms with van der Waals surface area (Å²) in [7, 11) is 0. The van der Waals surface area contributed by atoms with Gasteiger partial charge in [-0.15, -0.1) is 0 Å². The molecular formula is C17H19F2N. The van der Waals surface area contributed by atoms with Crippen molar-refractivity contribution in [3.63, 3.8) is 0 Å². The van der Waals surface area contributed by atoms with Crippen LogP contribution in [0.4, 0.5) is 8.78 Å². The van der Waals surface area contributed by atoms with Crippen molar-refractivity contribution in [3.8, 4) is 0 Å². The zero-order valence-electron chi connectivity index (χ0n) is 11.6. The number of nitrogens with two attached hydrogens (primary N) is 1. The molecule has 0 saturated heterocycles. The molecule has 106 valence electrons. The third-order valence-electron chi connectivity index (χ3n) is 3.66. The Morgan fingerprint density at radius 2 is 1.60 bits per heavy atom. The van der Waals surface area contributed by atoms with Crippen molar-refractivity contribution >= 4 is 0 Å². The highest BCUT2D eigenvalue weighted by Gasteiger charge is 2.16. The zero-order chi connectivity index (χ0) is 14.5. The largest absolute Gasteiger partial charge is 0.330 e. The number of hydrogen-bond donors (Lipinski definition) is 1. The molecule has 0 radical (unpaired) electrons. The minimum absolute atomic E-state index is 0.0301. The third kappa shape index (κ3) is 3.42. The maximum absolute atomic E-state index is 13.7. The molecule has 0 fully saturated rings. The Morgan fingerprint density at radius 1 is 0.950 bits per heavy atom. The van der Waals surface area contributed by atoms with E-state index in [1.807, 2.05) is 31.2 Å². The molecule has 0 heterocycles. The van der Waals surface area contributed by atoms with Crippen LogP contribution in [-0.4, -0.2) is 6.54 Å². The standard InChI is InChI=1S/C17H19F2N/c1-12-5-2-3-6-14(12)9-13(11-20)10-15-16(18)7-4-8-17(15)19/h2-8,13H,9-11,20H2,1H3. The van der Waals surface area contributed by atoms with E-state index in [0.29, 0.717) is 13.0 Å². The van der Waals surface area contributed by atoms with Gasteiger partial charge < -0.3 is 5.73 Å². The summed E-state index contributed by atoms with van der Waals surface area (Å²) < 4.78 is 27.4. The van der Waals surface area contributed by atoms with Crippen LogP contribution in [0.25, 0.3) is 0 Å². The number of hydrogen-bond acceptors (Lipinski definition) is 1. The Kier molecular flexibility index (Phi) is 4.85. The van der Waals surface area contributed by atoms with E-state index in [-0.39, 0.29) is 11.5 Å². The molecule has 2 aromatic carbocycles. The molecule has 0 spiro atoms. The normalized spacial score (nSPS) is 12.4. The van der Waals surface area contributed by atoms with Crippen LogP contribution in [0.3, 0.4) is 0 Å². The van der Waals surface area contributed by atoms with Gasteiger partial charge in [-0.25, -0.2) is 8.78 Å². The van der Waals surface area contributed by atoms with Crippen molar-refractivity contribution in [1.29, 1.82) is 0 Å². The summed E-state index contributed by atoms with van der Waals surface area (Å²) >= 11 is 0. The van der Waals surface area contributed by atoms with Crippen molar-refractivity contribution in [2.24, 2.45) is 11.7 Å². The lowest BCUT2D eigenvalue weighted by molar-refractivity contribution is 0.484. The van der Waals surface area contributed by atoms with Crippen LogP contribution in [0.5, 0.6) is 0 Å². The molecule has 2 aromatic rings. The molecule has 0 aromatic heterocycles. The van der Waals surface area contributed by atoms with Crippen LogP contribution < -0.4 is 5.73 Å². The molecule has 1 nitrogen and oxygen atoms in total. The summed E-state index contributed by atoms with van der Waals surface area (Å²) in [6.45, 7) is 2.44. The Bertz CT molecular complexity index is 561. The number of rotatable bonds is 5. The summed E-state index contributed by atoms with van der Waals surface area (Å²) in [6, 6.07) is 12.0. The average Bonchev–Trinajstić information content (AvgIpc) is 2.44. The average molecular weight is 275 g/mol. The minimum Gasteiger partial charge on any atom is -0.330 e. The van der Waals surface area contributed by atoms with Crippen molar-refractivity contribution in [2.45, 2.75) is 19.8 Å². The summed E-state index contributed by atoms with van der Waals surface area (Å²) in [5, 5.41) is 0. The molecule has 0 aliphatic carbocycles. The Hall–Kier alpha value is -1.74. The molecule has 0 aliphatic heterocycles. The number of aryl methyl sites for hydroxylation is 1. The van der Waals surface area contributed by atoms with Crippen LogP contribution in [0, 0.1) is 24.5 Å². The minimum atomic E-state index is -0.492. The van der Waals surface area contributed by atoms with Crippen molar-refractivity contribution in [2.75, 3.05) is 6.54 Å². The maximum Gasteiger partial charge on any atom is 0.129 e. The molecule has 3 heteroatoms. The van der Waals surface area contributed by atoms with Gasteiger partial charge in [0.15, 0.2) is 0 Å². The Balaban J connectivity index is 2.16. The van der Waals surface area contributed by atoms with Gasteiger partial charge in [-0.2, -0.15) is 0 Å². The lowest BCUT2D eigenvalue weighted by Crippen LogP contribution is -2.21. The summed E-state index contributed by atoms with van der Waals surface area (Å²) in [6.07, 6.45) is 1.06. The highest BCUT2D eigenvalue weighted by atomic mass is 19.1. The predicted octanol–water partition coefficient (Wildman–Crippen LogP) is 3.63. The highest BCUT2D eigenvalue weighted by Crippen LogP contribution is 2.20. The van der Waals surface area contributed by atoms with Crippen molar-refractivity contribution in [3.05, 3.63) is 70.8 Å². The number of halogens is 2. The van der Waals surface area contributed by atoms with Crippen LogP contribution in [0.2, 0.25) is 0 Å². The van der Waals surface area contributed by atoms with Gasteiger partial charge in [0.2, 0.25) is 0 Å². The van der Waals surface area contributed by atoms with E-state index in [1.54, 1.807) is 0 Å². The molecule has 1 unspecified atom stereocenters. The molecule has 20 heavy (non-hydrogen) atoms. The second-order valence-corrected chi connectivity index (χ2v) is 5.14. The van der Waals surface area contributed by atoms with Crippen LogP contribution in [0.1, 0.15) is 16.7 Å². The van der Waals surface area contributed by atoms with Gasteiger partial charge in [-0.05, 0) is 55.5 Å². The van der Waals surface area contributed by atoms with Crippen LogP contribution in [-0.2, 0) is 12.8 Å². The molecule has 2 rings (SSSR count). The lowest BCUT2D eigenvalue weighted by Gasteiger charge is -2.17.